The molecule has 0 bridgehead atoms. The van der Waals surface area contributed by atoms with E-state index in [1.54, 1.807) is 0 Å². The zero-order valence-corrected chi connectivity index (χ0v) is 22.8. The Balaban J connectivity index is 1.64. The summed E-state index contributed by atoms with van der Waals surface area (Å²) in [5.74, 6) is 0.569. The quantitative estimate of drug-likeness (QED) is 0.386. The molecular weight excluding hydrogens is 432 g/mol. The predicted molar refractivity (Wildman–Crippen MR) is 135 cm³/mol. The van der Waals surface area contributed by atoms with Gasteiger partial charge in [0.25, 0.3) is 0 Å². The first-order valence-electron chi connectivity index (χ1n) is 13.7. The SMILES string of the molecule is CC1(C)CC[C@]2(C#N)CC[C@]3(C)C(C(=O)C[C@@H]4[C@@]5(C)C=C(C#N)C(=O)C(C)(C)[C@@H]5CC[C@]43C)C2C1. The number of nitriles is 2. The van der Waals surface area contributed by atoms with Gasteiger partial charge in [0.15, 0.2) is 5.78 Å². The highest BCUT2D eigenvalue weighted by atomic mass is 16.1. The van der Waals surface area contributed by atoms with E-state index in [2.05, 4.69) is 46.8 Å². The summed E-state index contributed by atoms with van der Waals surface area (Å²) in [6.45, 7) is 15.6. The van der Waals surface area contributed by atoms with E-state index >= 15 is 0 Å². The summed E-state index contributed by atoms with van der Waals surface area (Å²) in [6.07, 6.45) is 9.12. The first-order valence-corrected chi connectivity index (χ1v) is 13.7. The number of rotatable bonds is 0. The lowest BCUT2D eigenvalue weighted by molar-refractivity contribution is -0.216. The molecule has 0 amide bonds. The number of fused-ring (bicyclic) bond motifs is 7. The van der Waals surface area contributed by atoms with Crippen LogP contribution in [0.5, 0.6) is 0 Å². The van der Waals surface area contributed by atoms with Gasteiger partial charge < -0.3 is 0 Å². The van der Waals surface area contributed by atoms with E-state index in [1.165, 1.54) is 0 Å². The van der Waals surface area contributed by atoms with Crippen molar-refractivity contribution in [3.63, 3.8) is 0 Å². The van der Waals surface area contributed by atoms with Crippen LogP contribution >= 0.6 is 0 Å². The number of allylic oxidation sites excluding steroid dienone is 2. The second-order valence-electron chi connectivity index (χ2n) is 15.0. The standard InChI is InChI=1S/C31H42N2O2/c1-26(2)10-12-31(18-33)13-11-30(7)24(20(31)16-26)21(34)14-23-28(5)15-19(17-32)25(35)27(3,4)22(28)8-9-29(23,30)6/h15,20,22-24H,8-14,16H2,1-7H3/t20?,22-,23+,24?,28-,29+,30+,31+/m0/s1. The van der Waals surface area contributed by atoms with Crippen LogP contribution in [0.3, 0.4) is 0 Å². The maximum atomic E-state index is 14.3. The van der Waals surface area contributed by atoms with Crippen molar-refractivity contribution in [1.29, 1.82) is 10.5 Å². The van der Waals surface area contributed by atoms with Gasteiger partial charge in [-0.1, -0.05) is 54.5 Å². The second kappa shape index (κ2) is 7.09. The summed E-state index contributed by atoms with van der Waals surface area (Å²) in [5, 5.41) is 20.3. The van der Waals surface area contributed by atoms with Crippen molar-refractivity contribution in [2.75, 3.05) is 0 Å². The summed E-state index contributed by atoms with van der Waals surface area (Å²) in [6, 6.07) is 4.96. The van der Waals surface area contributed by atoms with Crippen LogP contribution in [0, 0.1) is 78.8 Å². The molecule has 0 aliphatic heterocycles. The van der Waals surface area contributed by atoms with Crippen LogP contribution in [-0.2, 0) is 9.59 Å². The Morgan fingerprint density at radius 2 is 1.51 bits per heavy atom. The van der Waals surface area contributed by atoms with E-state index in [-0.39, 0.29) is 62.1 Å². The van der Waals surface area contributed by atoms with Crippen LogP contribution in [0.25, 0.3) is 0 Å². The largest absolute Gasteiger partial charge is 0.299 e. The third-order valence-electron chi connectivity index (χ3n) is 12.7. The van der Waals surface area contributed by atoms with Crippen LogP contribution in [0.4, 0.5) is 0 Å². The van der Waals surface area contributed by atoms with Crippen LogP contribution < -0.4 is 0 Å². The van der Waals surface area contributed by atoms with Gasteiger partial charge in [-0.2, -0.15) is 10.5 Å². The fourth-order valence-electron chi connectivity index (χ4n) is 10.5. The zero-order chi connectivity index (χ0) is 25.8. The summed E-state index contributed by atoms with van der Waals surface area (Å²) < 4.78 is 0. The maximum Gasteiger partial charge on any atom is 0.178 e. The number of ketones is 2. The number of carbonyl (C=O) groups excluding carboxylic acids is 2. The molecule has 5 rings (SSSR count). The summed E-state index contributed by atoms with van der Waals surface area (Å²) in [7, 11) is 0. The smallest absolute Gasteiger partial charge is 0.178 e. The minimum absolute atomic E-state index is 0.0433. The van der Waals surface area contributed by atoms with Crippen LogP contribution in [0.2, 0.25) is 0 Å². The van der Waals surface area contributed by atoms with Gasteiger partial charge in [0, 0.05) is 17.8 Å². The molecule has 4 fully saturated rings. The molecule has 4 heteroatoms. The van der Waals surface area contributed by atoms with E-state index in [1.807, 2.05) is 19.9 Å². The van der Waals surface area contributed by atoms with Gasteiger partial charge in [-0.25, -0.2) is 0 Å². The number of hydrogen-bond donors (Lipinski definition) is 0. The summed E-state index contributed by atoms with van der Waals surface area (Å²) in [4.78, 5) is 27.5. The molecule has 188 valence electrons. The van der Waals surface area contributed by atoms with E-state index in [9.17, 15) is 20.1 Å². The Bertz CT molecular complexity index is 1120. The Morgan fingerprint density at radius 1 is 0.857 bits per heavy atom. The average Bonchev–Trinajstić information content (AvgIpc) is 2.77. The van der Waals surface area contributed by atoms with Gasteiger partial charge in [-0.3, -0.25) is 9.59 Å². The maximum absolute atomic E-state index is 14.3. The van der Waals surface area contributed by atoms with Crippen molar-refractivity contribution in [1.82, 2.24) is 0 Å². The molecule has 4 nitrogen and oxygen atoms in total. The molecule has 0 saturated heterocycles. The van der Waals surface area contributed by atoms with Crippen molar-refractivity contribution in [2.24, 2.45) is 56.2 Å². The molecular formula is C31H42N2O2. The molecule has 0 N–H and O–H groups in total. The van der Waals surface area contributed by atoms with Gasteiger partial charge in [-0.05, 0) is 84.4 Å². The monoisotopic (exact) mass is 474 g/mol. The molecule has 2 unspecified atom stereocenters. The Labute approximate surface area is 211 Å². The minimum atomic E-state index is -0.605. The Morgan fingerprint density at radius 3 is 2.14 bits per heavy atom. The third kappa shape index (κ3) is 2.89. The number of nitrogens with zero attached hydrogens (tertiary/aromatic N) is 2. The molecule has 0 heterocycles. The fraction of sp³-hybridized carbons (Fsp3) is 0.806. The second-order valence-corrected chi connectivity index (χ2v) is 15.0. The van der Waals surface area contributed by atoms with Crippen molar-refractivity contribution in [3.8, 4) is 12.1 Å². The van der Waals surface area contributed by atoms with E-state index in [4.69, 9.17) is 0 Å². The first-order chi connectivity index (χ1) is 16.1. The highest BCUT2D eigenvalue weighted by molar-refractivity contribution is 6.04. The number of hydrogen-bond acceptors (Lipinski definition) is 4. The van der Waals surface area contributed by atoms with Crippen LogP contribution in [0.1, 0.15) is 99.8 Å². The predicted octanol–water partition coefficient (Wildman–Crippen LogP) is 6.81. The normalized spacial score (nSPS) is 49.8. The highest BCUT2D eigenvalue weighted by Crippen LogP contribution is 2.75. The van der Waals surface area contributed by atoms with Gasteiger partial charge in [0.05, 0.1) is 17.1 Å². The highest BCUT2D eigenvalue weighted by Gasteiger charge is 2.72. The topological polar surface area (TPSA) is 81.7 Å². The minimum Gasteiger partial charge on any atom is -0.299 e. The van der Waals surface area contributed by atoms with Crippen LogP contribution in [0.15, 0.2) is 11.6 Å². The number of carbonyl (C=O) groups is 2. The molecule has 8 atom stereocenters. The molecule has 5 aliphatic carbocycles. The Hall–Kier alpha value is -1.94. The molecule has 5 aliphatic rings. The van der Waals surface area contributed by atoms with Crippen molar-refractivity contribution in [3.05, 3.63) is 11.6 Å². The zero-order valence-electron chi connectivity index (χ0n) is 22.8. The molecule has 0 aromatic heterocycles. The van der Waals surface area contributed by atoms with Crippen LogP contribution in [-0.4, -0.2) is 11.6 Å². The van der Waals surface area contributed by atoms with Gasteiger partial charge >= 0.3 is 0 Å². The molecule has 35 heavy (non-hydrogen) atoms. The van der Waals surface area contributed by atoms with E-state index in [0.29, 0.717) is 12.2 Å². The lowest BCUT2D eigenvalue weighted by Crippen LogP contribution is -2.68. The van der Waals surface area contributed by atoms with E-state index in [0.717, 1.165) is 44.9 Å². The summed E-state index contributed by atoms with van der Waals surface area (Å²) >= 11 is 0. The molecule has 0 aromatic carbocycles. The van der Waals surface area contributed by atoms with Gasteiger partial charge in [0.2, 0.25) is 0 Å². The number of Topliss-reactive ketones (excluding diaryl/α,β-unsaturated/α-hetero) is 2. The van der Waals surface area contributed by atoms with Crippen molar-refractivity contribution in [2.45, 2.75) is 99.8 Å². The third-order valence-corrected chi connectivity index (χ3v) is 12.7. The lowest BCUT2D eigenvalue weighted by atomic mass is 9.31. The average molecular weight is 475 g/mol. The lowest BCUT2D eigenvalue weighted by Gasteiger charge is -2.71. The Kier molecular flexibility index (Phi) is 5.01. The molecule has 0 aromatic rings. The molecule has 0 spiro atoms. The van der Waals surface area contributed by atoms with Crippen molar-refractivity contribution < 1.29 is 9.59 Å². The molecule has 4 saturated carbocycles. The molecule has 0 radical (unpaired) electrons. The van der Waals surface area contributed by atoms with Gasteiger partial charge in [0.1, 0.15) is 11.9 Å². The van der Waals surface area contributed by atoms with E-state index < -0.39 is 5.41 Å². The fourth-order valence-corrected chi connectivity index (χ4v) is 10.5. The summed E-state index contributed by atoms with van der Waals surface area (Å²) in [5.41, 5.74) is -1.16. The van der Waals surface area contributed by atoms with Crippen molar-refractivity contribution >= 4 is 11.6 Å². The first kappa shape index (κ1) is 24.7. The van der Waals surface area contributed by atoms with Gasteiger partial charge in [-0.15, -0.1) is 0 Å².